The van der Waals surface area contributed by atoms with Gasteiger partial charge in [-0.3, -0.25) is 19.4 Å². The van der Waals surface area contributed by atoms with Gasteiger partial charge in [0.2, 0.25) is 0 Å². The number of aliphatic carboxylic acids is 2. The Kier molecular flexibility index (Phi) is 11.4. The highest BCUT2D eigenvalue weighted by atomic mass is 19.4. The number of carbonyl (C=O) groups excluding carboxylic acids is 1. The molecule has 11 nitrogen and oxygen atoms in total. The lowest BCUT2D eigenvalue weighted by molar-refractivity contribution is -0.193. The fourth-order valence-electron chi connectivity index (χ4n) is 3.55. The first-order chi connectivity index (χ1) is 19.1. The van der Waals surface area contributed by atoms with E-state index in [4.69, 9.17) is 24.2 Å². The number of amides is 1. The molecule has 4 rings (SSSR count). The lowest BCUT2D eigenvalue weighted by Crippen LogP contribution is -2.38. The van der Waals surface area contributed by atoms with E-state index in [9.17, 15) is 31.1 Å². The molecule has 0 fully saturated rings. The fraction of sp³-hybridized carbons (Fsp3) is 0.375. The van der Waals surface area contributed by atoms with Gasteiger partial charge in [-0.15, -0.1) is 0 Å². The van der Waals surface area contributed by atoms with E-state index in [0.717, 1.165) is 37.6 Å². The summed E-state index contributed by atoms with van der Waals surface area (Å²) in [6, 6.07) is 9.74. The normalized spacial score (nSPS) is 15.0. The number of fused-ring (bicyclic) bond motifs is 1. The van der Waals surface area contributed by atoms with E-state index >= 15 is 0 Å². The van der Waals surface area contributed by atoms with Crippen molar-refractivity contribution in [3.8, 4) is 0 Å². The third-order valence-electron chi connectivity index (χ3n) is 5.32. The predicted molar refractivity (Wildman–Crippen MR) is 127 cm³/mol. The second-order valence-electron chi connectivity index (χ2n) is 8.49. The van der Waals surface area contributed by atoms with Gasteiger partial charge in [0.25, 0.3) is 5.91 Å². The molecule has 0 saturated heterocycles. The minimum absolute atomic E-state index is 0.0724. The number of carboxylic acids is 2. The Morgan fingerprint density at radius 2 is 1.56 bits per heavy atom. The lowest BCUT2D eigenvalue weighted by atomic mass is 10.1. The number of pyridine rings is 1. The van der Waals surface area contributed by atoms with Gasteiger partial charge in [-0.25, -0.2) is 9.59 Å². The van der Waals surface area contributed by atoms with Crippen molar-refractivity contribution in [1.82, 2.24) is 25.0 Å². The Morgan fingerprint density at radius 1 is 0.976 bits per heavy atom. The average Bonchev–Trinajstić information content (AvgIpc) is 3.53. The topological polar surface area (TPSA) is 151 Å². The standard InChI is InChI=1S/C20H23N5O2.2C2HF3O2/c1-15-2-3-19(27-15)14-24-12-17(25-18(13-24)7-11-23-25)6-10-22-20(26)16-4-8-21-9-5-16;2*3-2(4,5)1(6)7/h2-5,7-9,11,17H,6,10,12-14H2,1H3,(H,22,26);2*(H,6,7). The van der Waals surface area contributed by atoms with Gasteiger partial charge in [0.05, 0.1) is 18.3 Å². The van der Waals surface area contributed by atoms with Crippen LogP contribution in [0, 0.1) is 6.92 Å². The summed E-state index contributed by atoms with van der Waals surface area (Å²) in [7, 11) is 0. The van der Waals surface area contributed by atoms with Gasteiger partial charge >= 0.3 is 24.3 Å². The molecule has 1 unspecified atom stereocenters. The third-order valence-corrected chi connectivity index (χ3v) is 5.32. The molecule has 1 amide bonds. The summed E-state index contributed by atoms with van der Waals surface area (Å²) in [5.41, 5.74) is 1.82. The van der Waals surface area contributed by atoms with Crippen molar-refractivity contribution in [2.75, 3.05) is 13.1 Å². The van der Waals surface area contributed by atoms with Gasteiger partial charge in [-0.2, -0.15) is 31.4 Å². The number of aryl methyl sites for hydroxylation is 1. The Balaban J connectivity index is 0.000000349. The molecular weight excluding hydrogens is 568 g/mol. The van der Waals surface area contributed by atoms with Crippen molar-refractivity contribution < 1.29 is 55.4 Å². The Bertz CT molecular complexity index is 1270. The van der Waals surface area contributed by atoms with Gasteiger partial charge in [-0.05, 0) is 43.7 Å². The van der Waals surface area contributed by atoms with Crippen LogP contribution in [0.1, 0.15) is 40.0 Å². The van der Waals surface area contributed by atoms with Crippen LogP contribution >= 0.6 is 0 Å². The summed E-state index contributed by atoms with van der Waals surface area (Å²) in [5.74, 6) is -3.68. The molecule has 0 bridgehead atoms. The van der Waals surface area contributed by atoms with E-state index in [1.54, 1.807) is 24.5 Å². The van der Waals surface area contributed by atoms with Crippen LogP contribution < -0.4 is 5.32 Å². The maximum absolute atomic E-state index is 12.2. The molecule has 0 saturated carbocycles. The molecule has 0 spiro atoms. The number of aromatic nitrogens is 3. The zero-order valence-electron chi connectivity index (χ0n) is 21.3. The monoisotopic (exact) mass is 593 g/mol. The highest BCUT2D eigenvalue weighted by Crippen LogP contribution is 2.24. The molecule has 3 aromatic rings. The quantitative estimate of drug-likeness (QED) is 0.363. The first kappa shape index (κ1) is 32.8. The second-order valence-corrected chi connectivity index (χ2v) is 8.49. The molecule has 1 atom stereocenters. The van der Waals surface area contributed by atoms with Crippen molar-refractivity contribution in [1.29, 1.82) is 0 Å². The predicted octanol–water partition coefficient (Wildman–Crippen LogP) is 3.82. The molecule has 224 valence electrons. The van der Waals surface area contributed by atoms with Crippen LogP contribution in [0.3, 0.4) is 0 Å². The summed E-state index contributed by atoms with van der Waals surface area (Å²) in [5, 5.41) is 21.7. The summed E-state index contributed by atoms with van der Waals surface area (Å²) in [6.07, 6.45) is -4.25. The zero-order valence-corrected chi connectivity index (χ0v) is 21.3. The Morgan fingerprint density at radius 3 is 2.07 bits per heavy atom. The number of nitrogens with zero attached hydrogens (tertiary/aromatic N) is 4. The first-order valence-electron chi connectivity index (χ1n) is 11.7. The van der Waals surface area contributed by atoms with Gasteiger partial charge in [-0.1, -0.05) is 0 Å². The largest absolute Gasteiger partial charge is 0.490 e. The lowest BCUT2D eigenvalue weighted by Gasteiger charge is -2.33. The summed E-state index contributed by atoms with van der Waals surface area (Å²) < 4.78 is 71.3. The van der Waals surface area contributed by atoms with Crippen LogP contribution in [0.2, 0.25) is 0 Å². The number of carboxylic acid groups (broad SMARTS) is 2. The summed E-state index contributed by atoms with van der Waals surface area (Å²) in [6.45, 7) is 5.06. The Hall–Kier alpha value is -4.41. The van der Waals surface area contributed by atoms with Gasteiger partial charge in [0.15, 0.2) is 0 Å². The molecule has 3 N–H and O–H groups in total. The minimum atomic E-state index is -5.08. The number of furan rings is 1. The molecule has 17 heteroatoms. The Labute approximate surface area is 228 Å². The maximum atomic E-state index is 12.2. The smallest absolute Gasteiger partial charge is 0.475 e. The van der Waals surface area contributed by atoms with E-state index in [-0.39, 0.29) is 11.9 Å². The van der Waals surface area contributed by atoms with Crippen LogP contribution in [-0.2, 0) is 22.7 Å². The van der Waals surface area contributed by atoms with Gasteiger partial charge < -0.3 is 19.9 Å². The molecule has 3 aromatic heterocycles. The maximum Gasteiger partial charge on any atom is 0.490 e. The zero-order chi connectivity index (χ0) is 30.8. The van der Waals surface area contributed by atoms with Crippen LogP contribution in [0.4, 0.5) is 26.3 Å². The van der Waals surface area contributed by atoms with E-state index < -0.39 is 24.3 Å². The van der Waals surface area contributed by atoms with Gasteiger partial charge in [0.1, 0.15) is 11.5 Å². The van der Waals surface area contributed by atoms with Crippen molar-refractivity contribution in [2.24, 2.45) is 0 Å². The molecule has 0 aromatic carbocycles. The minimum Gasteiger partial charge on any atom is -0.475 e. The fourth-order valence-corrected chi connectivity index (χ4v) is 3.55. The van der Waals surface area contributed by atoms with Crippen molar-refractivity contribution in [2.45, 2.75) is 44.8 Å². The highest BCUT2D eigenvalue weighted by molar-refractivity contribution is 5.93. The van der Waals surface area contributed by atoms with Crippen molar-refractivity contribution in [3.63, 3.8) is 0 Å². The van der Waals surface area contributed by atoms with Crippen LogP contribution in [0.25, 0.3) is 0 Å². The third kappa shape index (κ3) is 10.9. The molecule has 1 aliphatic rings. The SMILES string of the molecule is Cc1ccc(CN2Cc3ccnn3C(CCNC(=O)c3ccncc3)C2)o1.O=C(O)C(F)(F)F.O=C(O)C(F)(F)F. The van der Waals surface area contributed by atoms with E-state index in [1.807, 2.05) is 25.3 Å². The molecule has 0 radical (unpaired) electrons. The van der Waals surface area contributed by atoms with Crippen LogP contribution in [-0.4, -0.2) is 73.2 Å². The molecule has 1 aliphatic heterocycles. The number of hydrogen-bond acceptors (Lipinski definition) is 7. The first-order valence-corrected chi connectivity index (χ1v) is 11.7. The number of alkyl halides is 6. The van der Waals surface area contributed by atoms with Crippen molar-refractivity contribution >= 4 is 17.8 Å². The van der Waals surface area contributed by atoms with E-state index in [1.165, 1.54) is 5.69 Å². The van der Waals surface area contributed by atoms with E-state index in [2.05, 4.69) is 31.0 Å². The van der Waals surface area contributed by atoms with Crippen LogP contribution in [0.15, 0.2) is 53.3 Å². The van der Waals surface area contributed by atoms with Crippen LogP contribution in [0.5, 0.6) is 0 Å². The molecular formula is C24H25F6N5O6. The summed E-state index contributed by atoms with van der Waals surface area (Å²) in [4.78, 5) is 36.3. The molecule has 0 aliphatic carbocycles. The van der Waals surface area contributed by atoms with Gasteiger partial charge in [0, 0.05) is 43.8 Å². The number of hydrogen-bond donors (Lipinski definition) is 3. The highest BCUT2D eigenvalue weighted by Gasteiger charge is 2.38. The molecule has 41 heavy (non-hydrogen) atoms. The number of nitrogens with one attached hydrogen (secondary N) is 1. The number of halogens is 6. The van der Waals surface area contributed by atoms with Crippen molar-refractivity contribution in [3.05, 3.63) is 71.7 Å². The van der Waals surface area contributed by atoms with E-state index in [0.29, 0.717) is 12.1 Å². The second kappa shape index (κ2) is 14.3. The average molecular weight is 593 g/mol. The molecule has 4 heterocycles. The summed E-state index contributed by atoms with van der Waals surface area (Å²) >= 11 is 0. The number of carbonyl (C=O) groups is 3. The number of rotatable bonds is 6.